The zero-order chi connectivity index (χ0) is 19.1. The molecule has 2 aromatic carbocycles. The zero-order valence-corrected chi connectivity index (χ0v) is 14.1. The summed E-state index contributed by atoms with van der Waals surface area (Å²) in [5.41, 5.74) is 1.88. The van der Waals surface area contributed by atoms with E-state index in [0.717, 1.165) is 5.39 Å². The molecule has 9 heteroatoms. The van der Waals surface area contributed by atoms with Gasteiger partial charge in [-0.1, -0.05) is 12.1 Å². The Morgan fingerprint density at radius 2 is 1.68 bits per heavy atom. The average molecular weight is 379 g/mol. The Morgan fingerprint density at radius 3 is 2.54 bits per heavy atom. The van der Waals surface area contributed by atoms with Crippen LogP contribution in [-0.4, -0.2) is 26.2 Å². The molecule has 0 amide bonds. The number of alkyl halides is 2. The number of rotatable bonds is 3. The molecule has 1 N–H and O–H groups in total. The molecule has 0 aliphatic carbocycles. The molecule has 0 bridgehead atoms. The first-order valence-electron chi connectivity index (χ1n) is 8.26. The van der Waals surface area contributed by atoms with Crippen molar-refractivity contribution in [1.82, 2.24) is 19.9 Å². The number of fused-ring (bicyclic) bond motifs is 2. The number of hydrogen-bond donors (Lipinski definition) is 1. The number of anilines is 2. The summed E-state index contributed by atoms with van der Waals surface area (Å²) in [6, 6.07) is 11.9. The third-order valence-electron chi connectivity index (χ3n) is 4.09. The molecule has 3 heterocycles. The lowest BCUT2D eigenvalue weighted by molar-refractivity contribution is -0.286. The third kappa shape index (κ3) is 2.92. The Labute approximate surface area is 157 Å². The number of ether oxygens (including phenoxy) is 2. The van der Waals surface area contributed by atoms with E-state index in [4.69, 9.17) is 0 Å². The SMILES string of the molecule is FC1(F)Oc2ccc(Nc3nc(-c4cncnc4)nc4ccccc34)cc2O1. The average Bonchev–Trinajstić information content (AvgIpc) is 3.01. The van der Waals surface area contributed by atoms with Crippen molar-refractivity contribution in [2.75, 3.05) is 5.32 Å². The molecule has 0 spiro atoms. The molecular formula is C19H11F2N5O2. The van der Waals surface area contributed by atoms with E-state index in [1.165, 1.54) is 18.5 Å². The van der Waals surface area contributed by atoms with Crippen LogP contribution in [0.3, 0.4) is 0 Å². The van der Waals surface area contributed by atoms with Gasteiger partial charge in [-0.2, -0.15) is 0 Å². The largest absolute Gasteiger partial charge is 0.586 e. The molecule has 7 nitrogen and oxygen atoms in total. The van der Waals surface area contributed by atoms with Gasteiger partial charge in [-0.15, -0.1) is 8.78 Å². The monoisotopic (exact) mass is 379 g/mol. The molecule has 1 aliphatic rings. The highest BCUT2D eigenvalue weighted by molar-refractivity contribution is 5.92. The first kappa shape index (κ1) is 16.3. The minimum Gasteiger partial charge on any atom is -0.395 e. The van der Waals surface area contributed by atoms with Crippen molar-refractivity contribution in [2.45, 2.75) is 6.29 Å². The van der Waals surface area contributed by atoms with Gasteiger partial charge in [-0.05, 0) is 24.3 Å². The lowest BCUT2D eigenvalue weighted by Gasteiger charge is -2.11. The Morgan fingerprint density at radius 1 is 0.893 bits per heavy atom. The summed E-state index contributed by atoms with van der Waals surface area (Å²) in [6.45, 7) is 0. The second kappa shape index (κ2) is 6.08. The lowest BCUT2D eigenvalue weighted by Crippen LogP contribution is -2.25. The van der Waals surface area contributed by atoms with Gasteiger partial charge >= 0.3 is 6.29 Å². The van der Waals surface area contributed by atoms with E-state index in [1.54, 1.807) is 18.5 Å². The first-order chi connectivity index (χ1) is 13.6. The molecule has 2 aromatic heterocycles. The van der Waals surface area contributed by atoms with Gasteiger partial charge < -0.3 is 14.8 Å². The summed E-state index contributed by atoms with van der Waals surface area (Å²) < 4.78 is 35.4. The Bertz CT molecular complexity index is 1190. The van der Waals surface area contributed by atoms with Crippen molar-refractivity contribution >= 4 is 22.4 Å². The van der Waals surface area contributed by atoms with Crippen LogP contribution in [-0.2, 0) is 0 Å². The predicted molar refractivity (Wildman–Crippen MR) is 96.5 cm³/mol. The zero-order valence-electron chi connectivity index (χ0n) is 14.1. The minimum atomic E-state index is -3.66. The number of hydrogen-bond acceptors (Lipinski definition) is 7. The first-order valence-corrected chi connectivity index (χ1v) is 8.26. The number of para-hydroxylation sites is 1. The quantitative estimate of drug-likeness (QED) is 0.572. The van der Waals surface area contributed by atoms with Crippen LogP contribution in [0.15, 0.2) is 61.2 Å². The van der Waals surface area contributed by atoms with E-state index in [2.05, 4.69) is 34.7 Å². The molecule has 0 radical (unpaired) electrons. The van der Waals surface area contributed by atoms with Crippen molar-refractivity contribution in [3.05, 3.63) is 61.2 Å². The molecule has 28 heavy (non-hydrogen) atoms. The summed E-state index contributed by atoms with van der Waals surface area (Å²) >= 11 is 0. The van der Waals surface area contributed by atoms with Gasteiger partial charge in [0.15, 0.2) is 17.3 Å². The molecule has 0 fully saturated rings. The second-order valence-corrected chi connectivity index (χ2v) is 5.99. The summed E-state index contributed by atoms with van der Waals surface area (Å²) in [7, 11) is 0. The molecule has 5 rings (SSSR count). The van der Waals surface area contributed by atoms with Crippen molar-refractivity contribution in [3.63, 3.8) is 0 Å². The highest BCUT2D eigenvalue weighted by Crippen LogP contribution is 2.42. The highest BCUT2D eigenvalue weighted by Gasteiger charge is 2.43. The fourth-order valence-corrected chi connectivity index (χ4v) is 2.88. The Hall–Kier alpha value is -3.88. The van der Waals surface area contributed by atoms with Crippen LogP contribution in [0.4, 0.5) is 20.3 Å². The maximum absolute atomic E-state index is 13.2. The third-order valence-corrected chi connectivity index (χ3v) is 4.09. The molecule has 4 aromatic rings. The number of nitrogens with zero attached hydrogens (tertiary/aromatic N) is 4. The molecule has 0 saturated carbocycles. The topological polar surface area (TPSA) is 82.0 Å². The summed E-state index contributed by atoms with van der Waals surface area (Å²) in [6.07, 6.45) is 0.988. The smallest absolute Gasteiger partial charge is 0.395 e. The molecular weight excluding hydrogens is 368 g/mol. The maximum Gasteiger partial charge on any atom is 0.586 e. The fourth-order valence-electron chi connectivity index (χ4n) is 2.88. The van der Waals surface area contributed by atoms with E-state index < -0.39 is 6.29 Å². The van der Waals surface area contributed by atoms with Crippen LogP contribution < -0.4 is 14.8 Å². The van der Waals surface area contributed by atoms with Gasteiger partial charge in [0.25, 0.3) is 0 Å². The number of halogens is 2. The van der Waals surface area contributed by atoms with Gasteiger partial charge in [-0.3, -0.25) is 0 Å². The molecule has 0 unspecified atom stereocenters. The van der Waals surface area contributed by atoms with Crippen LogP contribution in [0.5, 0.6) is 11.5 Å². The van der Waals surface area contributed by atoms with Crippen molar-refractivity contribution in [2.24, 2.45) is 0 Å². The number of benzene rings is 2. The normalized spacial score (nSPS) is 14.2. The molecule has 0 atom stereocenters. The van der Waals surface area contributed by atoms with E-state index in [9.17, 15) is 8.78 Å². The number of aromatic nitrogens is 4. The molecule has 138 valence electrons. The minimum absolute atomic E-state index is 0.0229. The molecule has 1 aliphatic heterocycles. The summed E-state index contributed by atoms with van der Waals surface area (Å²) in [4.78, 5) is 17.1. The number of nitrogens with one attached hydrogen (secondary N) is 1. The van der Waals surface area contributed by atoms with Crippen molar-refractivity contribution in [3.8, 4) is 22.9 Å². The standard InChI is InChI=1S/C19H11F2N5O2/c20-19(21)27-15-6-5-12(7-16(15)28-19)24-18-13-3-1-2-4-14(13)25-17(26-18)11-8-22-10-23-9-11/h1-10H,(H,24,25,26). The van der Waals surface area contributed by atoms with Gasteiger partial charge in [0.1, 0.15) is 12.1 Å². The van der Waals surface area contributed by atoms with E-state index in [-0.39, 0.29) is 11.5 Å². The van der Waals surface area contributed by atoms with E-state index >= 15 is 0 Å². The van der Waals surface area contributed by atoms with Crippen LogP contribution in [0, 0.1) is 0 Å². The Balaban J connectivity index is 1.58. The van der Waals surface area contributed by atoms with Crippen LogP contribution in [0.25, 0.3) is 22.3 Å². The predicted octanol–water partition coefficient (Wildman–Crippen LogP) is 4.15. The van der Waals surface area contributed by atoms with Crippen molar-refractivity contribution in [1.29, 1.82) is 0 Å². The second-order valence-electron chi connectivity index (χ2n) is 5.99. The summed E-state index contributed by atoms with van der Waals surface area (Å²) in [5.74, 6) is 0.874. The highest BCUT2D eigenvalue weighted by atomic mass is 19.3. The Kier molecular flexibility index (Phi) is 3.54. The van der Waals surface area contributed by atoms with E-state index in [0.29, 0.717) is 28.4 Å². The van der Waals surface area contributed by atoms with Crippen LogP contribution in [0.2, 0.25) is 0 Å². The fraction of sp³-hybridized carbons (Fsp3) is 0.0526. The van der Waals surface area contributed by atoms with Gasteiger partial charge in [-0.25, -0.2) is 19.9 Å². The van der Waals surface area contributed by atoms with Gasteiger partial charge in [0, 0.05) is 29.5 Å². The summed E-state index contributed by atoms with van der Waals surface area (Å²) in [5, 5.41) is 3.91. The lowest BCUT2D eigenvalue weighted by atomic mass is 10.2. The van der Waals surface area contributed by atoms with Crippen LogP contribution >= 0.6 is 0 Å². The maximum atomic E-state index is 13.2. The van der Waals surface area contributed by atoms with E-state index in [1.807, 2.05) is 24.3 Å². The van der Waals surface area contributed by atoms with Gasteiger partial charge in [0.05, 0.1) is 11.1 Å². The van der Waals surface area contributed by atoms with Gasteiger partial charge in [0.2, 0.25) is 0 Å². The molecule has 0 saturated heterocycles. The van der Waals surface area contributed by atoms with Crippen LogP contribution in [0.1, 0.15) is 0 Å². The van der Waals surface area contributed by atoms with Crippen molar-refractivity contribution < 1.29 is 18.3 Å².